The first kappa shape index (κ1) is 30.3. The highest BCUT2D eigenvalue weighted by Crippen LogP contribution is 2.27. The van der Waals surface area contributed by atoms with Crippen molar-refractivity contribution in [3.63, 3.8) is 0 Å². The molecule has 1 saturated heterocycles. The molecule has 12 heteroatoms. The molecule has 3 aromatic rings. The molecule has 3 aromatic carbocycles. The summed E-state index contributed by atoms with van der Waals surface area (Å²) in [6.07, 6.45) is -0.492. The number of aliphatic carboxylic acids is 1. The molecule has 2 amide bonds. The molecule has 0 aromatic heterocycles. The van der Waals surface area contributed by atoms with Crippen molar-refractivity contribution < 1.29 is 52.0 Å². The third-order valence-electron chi connectivity index (χ3n) is 6.19. The molecule has 0 bridgehead atoms. The molecule has 4 rings (SSSR count). The molecule has 1 fully saturated rings. The lowest BCUT2D eigenvalue weighted by Gasteiger charge is -2.24. The Morgan fingerprint density at radius 2 is 1.35 bits per heavy atom. The van der Waals surface area contributed by atoms with Gasteiger partial charge in [0.15, 0.2) is 23.3 Å². The molecule has 40 heavy (non-hydrogen) atoms. The van der Waals surface area contributed by atoms with Gasteiger partial charge in [0, 0.05) is 11.1 Å². The van der Waals surface area contributed by atoms with E-state index in [1.165, 1.54) is 18.2 Å². The second-order valence-corrected chi connectivity index (χ2v) is 8.72. The second kappa shape index (κ2) is 13.7. The maximum Gasteiger partial charge on any atom is 0.417 e. The van der Waals surface area contributed by atoms with Crippen LogP contribution in [0.3, 0.4) is 0 Å². The Hall–Kier alpha value is -4.29. The van der Waals surface area contributed by atoms with Gasteiger partial charge in [-0.3, -0.25) is 9.59 Å². The van der Waals surface area contributed by atoms with Crippen LogP contribution in [-0.2, 0) is 20.7 Å². The fraction of sp³-hybridized carbons (Fsp3) is 0.250. The number of nitrogens with zero attached hydrogens (tertiary/aromatic N) is 1. The summed E-state index contributed by atoms with van der Waals surface area (Å²) in [7, 11) is 0. The van der Waals surface area contributed by atoms with Crippen LogP contribution >= 0.6 is 0 Å². The fourth-order valence-corrected chi connectivity index (χ4v) is 4.13. The van der Waals surface area contributed by atoms with E-state index in [9.17, 15) is 37.1 Å². The number of amides is 2. The van der Waals surface area contributed by atoms with Crippen LogP contribution in [0.4, 0.5) is 22.4 Å². The van der Waals surface area contributed by atoms with E-state index in [0.29, 0.717) is 6.42 Å². The van der Waals surface area contributed by atoms with Gasteiger partial charge in [-0.05, 0) is 24.1 Å². The standard InChI is InChI=1S/C19H17F2NO4.C9H8F2O3/c20-16-8-4-7-14(17(16)21)15(10-23)18(24)22-13(11-26-19(22)25)9-12-5-2-1-3-6-12;10-7-3-1-2-5(8(7)11)6(4-12)9(13)14/h1-8,13,15,23H,9-11H2;1-3,6,12H,4H2,(H,13,14)/t13-,15-;6-/m00/s1. The van der Waals surface area contributed by atoms with Crippen molar-refractivity contribution in [1.29, 1.82) is 0 Å². The van der Waals surface area contributed by atoms with E-state index in [0.717, 1.165) is 28.7 Å². The summed E-state index contributed by atoms with van der Waals surface area (Å²) in [6.45, 7) is -1.53. The van der Waals surface area contributed by atoms with Crippen molar-refractivity contribution in [2.75, 3.05) is 19.8 Å². The highest BCUT2D eigenvalue weighted by Gasteiger charge is 2.41. The number of benzene rings is 3. The average molecular weight is 564 g/mol. The largest absolute Gasteiger partial charge is 0.481 e. The first-order chi connectivity index (χ1) is 19.1. The van der Waals surface area contributed by atoms with E-state index in [1.54, 1.807) is 0 Å². The van der Waals surface area contributed by atoms with E-state index in [2.05, 4.69) is 0 Å². The molecule has 0 saturated carbocycles. The molecule has 3 atom stereocenters. The Morgan fingerprint density at radius 3 is 1.85 bits per heavy atom. The van der Waals surface area contributed by atoms with Crippen LogP contribution in [-0.4, -0.2) is 64.1 Å². The summed E-state index contributed by atoms with van der Waals surface area (Å²) in [5, 5.41) is 26.9. The van der Waals surface area contributed by atoms with Crippen LogP contribution in [0.25, 0.3) is 0 Å². The van der Waals surface area contributed by atoms with Gasteiger partial charge >= 0.3 is 12.1 Å². The molecule has 1 heterocycles. The van der Waals surface area contributed by atoms with Crippen molar-refractivity contribution in [2.24, 2.45) is 0 Å². The number of hydrogen-bond acceptors (Lipinski definition) is 6. The number of carboxylic acids is 1. The smallest absolute Gasteiger partial charge is 0.417 e. The van der Waals surface area contributed by atoms with Crippen molar-refractivity contribution in [1.82, 2.24) is 4.90 Å². The maximum absolute atomic E-state index is 14.1. The average Bonchev–Trinajstić information content (AvgIpc) is 3.30. The molecule has 0 radical (unpaired) electrons. The van der Waals surface area contributed by atoms with Crippen LogP contribution in [0.5, 0.6) is 0 Å². The normalized spacial score (nSPS) is 16.0. The number of hydrogen-bond donors (Lipinski definition) is 3. The van der Waals surface area contributed by atoms with Crippen LogP contribution in [0.1, 0.15) is 28.5 Å². The van der Waals surface area contributed by atoms with Gasteiger partial charge in [0.1, 0.15) is 12.5 Å². The highest BCUT2D eigenvalue weighted by atomic mass is 19.2. The number of aliphatic hydroxyl groups excluding tert-OH is 2. The third kappa shape index (κ3) is 6.82. The summed E-state index contributed by atoms with van der Waals surface area (Å²) >= 11 is 0. The van der Waals surface area contributed by atoms with Gasteiger partial charge in [-0.15, -0.1) is 0 Å². The van der Waals surface area contributed by atoms with Gasteiger partial charge < -0.3 is 20.1 Å². The fourth-order valence-electron chi connectivity index (χ4n) is 4.13. The van der Waals surface area contributed by atoms with E-state index in [4.69, 9.17) is 14.9 Å². The number of halogens is 4. The molecule has 0 spiro atoms. The number of carbonyl (C=O) groups excluding carboxylic acids is 2. The molecular formula is C28H25F4NO7. The van der Waals surface area contributed by atoms with Gasteiger partial charge in [-0.1, -0.05) is 54.6 Å². The third-order valence-corrected chi connectivity index (χ3v) is 6.19. The monoisotopic (exact) mass is 563 g/mol. The predicted molar refractivity (Wildman–Crippen MR) is 132 cm³/mol. The molecule has 0 unspecified atom stereocenters. The summed E-state index contributed by atoms with van der Waals surface area (Å²) in [4.78, 5) is 36.3. The number of carbonyl (C=O) groups is 3. The zero-order chi connectivity index (χ0) is 29.4. The summed E-state index contributed by atoms with van der Waals surface area (Å²) in [5.41, 5.74) is 0.252. The Bertz CT molecular complexity index is 1360. The number of rotatable bonds is 8. The number of aliphatic hydroxyl groups is 2. The lowest BCUT2D eigenvalue weighted by molar-refractivity contribution is -0.139. The second-order valence-electron chi connectivity index (χ2n) is 8.72. The first-order valence-corrected chi connectivity index (χ1v) is 12.0. The van der Waals surface area contributed by atoms with Crippen LogP contribution in [0.2, 0.25) is 0 Å². The van der Waals surface area contributed by atoms with E-state index < -0.39 is 72.3 Å². The Kier molecular flexibility index (Phi) is 10.3. The lowest BCUT2D eigenvalue weighted by Crippen LogP contribution is -2.43. The van der Waals surface area contributed by atoms with Gasteiger partial charge in [0.2, 0.25) is 5.91 Å². The Balaban J connectivity index is 0.000000267. The minimum Gasteiger partial charge on any atom is -0.481 e. The molecule has 212 valence electrons. The molecule has 0 aliphatic carbocycles. The van der Waals surface area contributed by atoms with Gasteiger partial charge in [0.25, 0.3) is 0 Å². The van der Waals surface area contributed by atoms with Crippen molar-refractivity contribution >= 4 is 18.0 Å². The van der Waals surface area contributed by atoms with Crippen LogP contribution in [0.15, 0.2) is 66.7 Å². The Morgan fingerprint density at radius 1 is 0.825 bits per heavy atom. The Labute approximate surface area is 226 Å². The molecule has 1 aliphatic heterocycles. The van der Waals surface area contributed by atoms with Crippen LogP contribution in [0, 0.1) is 23.3 Å². The molecular weight excluding hydrogens is 538 g/mol. The number of carboxylic acid groups (broad SMARTS) is 1. The van der Waals surface area contributed by atoms with Gasteiger partial charge in [-0.2, -0.15) is 0 Å². The van der Waals surface area contributed by atoms with Crippen molar-refractivity contribution in [3.8, 4) is 0 Å². The van der Waals surface area contributed by atoms with E-state index in [-0.39, 0.29) is 17.7 Å². The molecule has 1 aliphatic rings. The topological polar surface area (TPSA) is 124 Å². The SMILES string of the molecule is O=C(O)[C@@H](CO)c1cccc(F)c1F.O=C1OC[C@H](Cc2ccccc2)N1C(=O)[C@@H](CO)c1cccc(F)c1F. The quantitative estimate of drug-likeness (QED) is 0.357. The summed E-state index contributed by atoms with van der Waals surface area (Å²) in [6, 6.07) is 15.2. The minimum atomic E-state index is -1.43. The maximum atomic E-state index is 14.1. The summed E-state index contributed by atoms with van der Waals surface area (Å²) in [5.74, 6) is -9.72. The van der Waals surface area contributed by atoms with Crippen molar-refractivity contribution in [3.05, 3.63) is 107 Å². The number of imide groups is 1. The zero-order valence-corrected chi connectivity index (χ0v) is 20.8. The predicted octanol–water partition coefficient (Wildman–Crippen LogP) is 3.76. The zero-order valence-electron chi connectivity index (χ0n) is 20.8. The van der Waals surface area contributed by atoms with Crippen LogP contribution < -0.4 is 0 Å². The van der Waals surface area contributed by atoms with Crippen molar-refractivity contribution in [2.45, 2.75) is 24.3 Å². The summed E-state index contributed by atoms with van der Waals surface area (Å²) < 4.78 is 58.3. The molecule has 3 N–H and O–H groups in total. The van der Waals surface area contributed by atoms with Gasteiger partial charge in [0.05, 0.1) is 25.2 Å². The number of ether oxygens (including phenoxy) is 1. The van der Waals surface area contributed by atoms with Gasteiger partial charge in [-0.25, -0.2) is 27.3 Å². The lowest BCUT2D eigenvalue weighted by atomic mass is 9.96. The highest BCUT2D eigenvalue weighted by molar-refractivity contribution is 5.97. The van der Waals surface area contributed by atoms with E-state index >= 15 is 0 Å². The molecule has 8 nitrogen and oxygen atoms in total. The first-order valence-electron chi connectivity index (χ1n) is 12.0. The number of cyclic esters (lactones) is 1. The van der Waals surface area contributed by atoms with E-state index in [1.807, 2.05) is 30.3 Å². The minimum absolute atomic E-state index is 0.00322.